The average molecular weight is 269 g/mol. The van der Waals surface area contributed by atoms with E-state index in [1.54, 1.807) is 0 Å². The molecule has 0 bridgehead atoms. The fourth-order valence-electron chi connectivity index (χ4n) is 3.64. The van der Waals surface area contributed by atoms with Gasteiger partial charge in [0.15, 0.2) is 0 Å². The molecule has 0 aromatic rings. The van der Waals surface area contributed by atoms with Crippen molar-refractivity contribution in [3.05, 3.63) is 0 Å². The average Bonchev–Trinajstić information content (AvgIpc) is 2.74. The van der Waals surface area contributed by atoms with Crippen LogP contribution in [0.5, 0.6) is 0 Å². The molecule has 1 aliphatic carbocycles. The fourth-order valence-corrected chi connectivity index (χ4v) is 3.64. The molecule has 1 amide bonds. The van der Waals surface area contributed by atoms with Gasteiger partial charge in [0.2, 0.25) is 5.91 Å². The third-order valence-electron chi connectivity index (χ3n) is 4.63. The predicted molar refractivity (Wildman–Crippen MR) is 74.8 cm³/mol. The van der Waals surface area contributed by atoms with Gasteiger partial charge in [-0.2, -0.15) is 0 Å². The highest BCUT2D eigenvalue weighted by atomic mass is 16.5. The van der Waals surface area contributed by atoms with Crippen LogP contribution in [0.1, 0.15) is 40.0 Å². The van der Waals surface area contributed by atoms with E-state index >= 15 is 0 Å². The summed E-state index contributed by atoms with van der Waals surface area (Å²) in [5.41, 5.74) is 5.17. The molecular formula is C14H27N3O2. The van der Waals surface area contributed by atoms with Crippen LogP contribution < -0.4 is 11.1 Å². The van der Waals surface area contributed by atoms with Crippen molar-refractivity contribution in [3.63, 3.8) is 0 Å². The molecule has 0 aromatic carbocycles. The van der Waals surface area contributed by atoms with Gasteiger partial charge in [-0.05, 0) is 39.7 Å². The van der Waals surface area contributed by atoms with Crippen LogP contribution in [0.25, 0.3) is 0 Å². The standard InChI is InChI=1S/C14H27N3O2/c1-4-16-14(12(15)18)6-5-11(9-14)17-7-8-19-10-13(17,2)3/h11,16H,4-10H2,1-3H3,(H2,15,18). The summed E-state index contributed by atoms with van der Waals surface area (Å²) in [5.74, 6) is -0.206. The summed E-state index contributed by atoms with van der Waals surface area (Å²) in [6.45, 7) is 9.71. The Balaban J connectivity index is 2.10. The molecule has 0 spiro atoms. The minimum absolute atomic E-state index is 0.0445. The summed E-state index contributed by atoms with van der Waals surface area (Å²) >= 11 is 0. The van der Waals surface area contributed by atoms with Crippen LogP contribution in [-0.4, -0.2) is 54.2 Å². The van der Waals surface area contributed by atoms with Crippen molar-refractivity contribution in [2.75, 3.05) is 26.3 Å². The number of carbonyl (C=O) groups excluding carboxylic acids is 1. The lowest BCUT2D eigenvalue weighted by atomic mass is 9.94. The summed E-state index contributed by atoms with van der Waals surface area (Å²) in [4.78, 5) is 14.3. The van der Waals surface area contributed by atoms with E-state index in [1.807, 2.05) is 6.92 Å². The maximum Gasteiger partial charge on any atom is 0.237 e. The van der Waals surface area contributed by atoms with Crippen molar-refractivity contribution in [1.29, 1.82) is 0 Å². The smallest absolute Gasteiger partial charge is 0.237 e. The Labute approximate surface area is 115 Å². The highest BCUT2D eigenvalue weighted by molar-refractivity contribution is 5.85. The van der Waals surface area contributed by atoms with E-state index in [-0.39, 0.29) is 11.4 Å². The minimum atomic E-state index is -0.506. The summed E-state index contributed by atoms with van der Waals surface area (Å²) in [5, 5.41) is 3.32. The molecule has 2 atom stereocenters. The van der Waals surface area contributed by atoms with Crippen LogP contribution in [0, 0.1) is 0 Å². The van der Waals surface area contributed by atoms with Gasteiger partial charge < -0.3 is 15.8 Å². The number of primary amides is 1. The molecule has 3 N–H and O–H groups in total. The minimum Gasteiger partial charge on any atom is -0.378 e. The summed E-state index contributed by atoms with van der Waals surface area (Å²) < 4.78 is 5.57. The molecular weight excluding hydrogens is 242 g/mol. The molecule has 2 fully saturated rings. The van der Waals surface area contributed by atoms with Crippen molar-refractivity contribution in [1.82, 2.24) is 10.2 Å². The SMILES string of the molecule is CCNC1(C(N)=O)CCC(N2CCOCC2(C)C)C1. The Bertz CT molecular complexity index is 346. The third kappa shape index (κ3) is 2.78. The molecule has 2 rings (SSSR count). The molecule has 2 aliphatic rings. The van der Waals surface area contributed by atoms with Crippen molar-refractivity contribution < 1.29 is 9.53 Å². The Hall–Kier alpha value is -0.650. The van der Waals surface area contributed by atoms with Crippen LogP contribution in [0.2, 0.25) is 0 Å². The molecule has 1 saturated carbocycles. The van der Waals surface area contributed by atoms with Gasteiger partial charge in [-0.1, -0.05) is 6.92 Å². The van der Waals surface area contributed by atoms with Crippen LogP contribution in [0.15, 0.2) is 0 Å². The number of likely N-dealkylation sites (N-methyl/N-ethyl adjacent to an activating group) is 1. The molecule has 19 heavy (non-hydrogen) atoms. The zero-order valence-electron chi connectivity index (χ0n) is 12.4. The number of nitrogens with one attached hydrogen (secondary N) is 1. The van der Waals surface area contributed by atoms with Gasteiger partial charge in [0.25, 0.3) is 0 Å². The van der Waals surface area contributed by atoms with E-state index in [9.17, 15) is 4.79 Å². The van der Waals surface area contributed by atoms with E-state index in [0.717, 1.165) is 45.6 Å². The van der Waals surface area contributed by atoms with E-state index in [4.69, 9.17) is 10.5 Å². The first kappa shape index (κ1) is 14.8. The summed E-state index contributed by atoms with van der Waals surface area (Å²) in [6, 6.07) is 0.422. The molecule has 110 valence electrons. The summed E-state index contributed by atoms with van der Waals surface area (Å²) in [6.07, 6.45) is 2.69. The molecule has 1 aliphatic heterocycles. The number of nitrogens with two attached hydrogens (primary N) is 1. The molecule has 1 heterocycles. The Morgan fingerprint density at radius 1 is 1.53 bits per heavy atom. The van der Waals surface area contributed by atoms with E-state index in [2.05, 4.69) is 24.1 Å². The Kier molecular flexibility index (Phi) is 4.18. The first-order valence-electron chi connectivity index (χ1n) is 7.31. The van der Waals surface area contributed by atoms with E-state index < -0.39 is 5.54 Å². The van der Waals surface area contributed by atoms with Crippen LogP contribution in [0.4, 0.5) is 0 Å². The zero-order chi connectivity index (χ0) is 14.1. The van der Waals surface area contributed by atoms with E-state index in [1.165, 1.54) is 0 Å². The summed E-state index contributed by atoms with van der Waals surface area (Å²) in [7, 11) is 0. The predicted octanol–water partition coefficient (Wildman–Crippen LogP) is 0.483. The van der Waals surface area contributed by atoms with Crippen LogP contribution in [0.3, 0.4) is 0 Å². The topological polar surface area (TPSA) is 67.6 Å². The number of hydrogen-bond donors (Lipinski definition) is 2. The van der Waals surface area contributed by atoms with Gasteiger partial charge in [0.1, 0.15) is 0 Å². The van der Waals surface area contributed by atoms with Gasteiger partial charge in [-0.15, -0.1) is 0 Å². The molecule has 0 radical (unpaired) electrons. The fraction of sp³-hybridized carbons (Fsp3) is 0.929. The maximum atomic E-state index is 11.8. The molecule has 5 nitrogen and oxygen atoms in total. The van der Waals surface area contributed by atoms with Gasteiger partial charge in [-0.3, -0.25) is 9.69 Å². The van der Waals surface area contributed by atoms with Gasteiger partial charge in [0.05, 0.1) is 18.8 Å². The Morgan fingerprint density at radius 3 is 2.84 bits per heavy atom. The van der Waals surface area contributed by atoms with E-state index in [0.29, 0.717) is 6.04 Å². The first-order chi connectivity index (χ1) is 8.91. The van der Waals surface area contributed by atoms with Crippen molar-refractivity contribution >= 4 is 5.91 Å². The number of ether oxygens (including phenoxy) is 1. The zero-order valence-corrected chi connectivity index (χ0v) is 12.4. The van der Waals surface area contributed by atoms with Crippen LogP contribution in [-0.2, 0) is 9.53 Å². The second-order valence-corrected chi connectivity index (χ2v) is 6.43. The van der Waals surface area contributed by atoms with Crippen molar-refractivity contribution in [2.24, 2.45) is 5.73 Å². The van der Waals surface area contributed by atoms with Gasteiger partial charge in [-0.25, -0.2) is 0 Å². The largest absolute Gasteiger partial charge is 0.378 e. The molecule has 2 unspecified atom stereocenters. The van der Waals surface area contributed by atoms with Gasteiger partial charge in [0, 0.05) is 18.1 Å². The normalized spacial score (nSPS) is 35.4. The number of morpholine rings is 1. The number of hydrogen-bond acceptors (Lipinski definition) is 4. The second-order valence-electron chi connectivity index (χ2n) is 6.43. The molecule has 0 aromatic heterocycles. The van der Waals surface area contributed by atoms with Gasteiger partial charge >= 0.3 is 0 Å². The highest BCUT2D eigenvalue weighted by Gasteiger charge is 2.48. The third-order valence-corrected chi connectivity index (χ3v) is 4.63. The molecule has 5 heteroatoms. The monoisotopic (exact) mass is 269 g/mol. The lowest BCUT2D eigenvalue weighted by Crippen LogP contribution is -2.59. The highest BCUT2D eigenvalue weighted by Crippen LogP contribution is 2.36. The number of carbonyl (C=O) groups is 1. The first-order valence-corrected chi connectivity index (χ1v) is 7.31. The number of amides is 1. The quantitative estimate of drug-likeness (QED) is 0.779. The lowest BCUT2D eigenvalue weighted by Gasteiger charge is -2.46. The second kappa shape index (κ2) is 5.38. The van der Waals surface area contributed by atoms with Crippen LogP contribution >= 0.6 is 0 Å². The number of rotatable bonds is 4. The van der Waals surface area contributed by atoms with Crippen molar-refractivity contribution in [2.45, 2.75) is 57.2 Å². The lowest BCUT2D eigenvalue weighted by molar-refractivity contribution is -0.124. The van der Waals surface area contributed by atoms with Crippen molar-refractivity contribution in [3.8, 4) is 0 Å². The number of nitrogens with zero attached hydrogens (tertiary/aromatic N) is 1. The Morgan fingerprint density at radius 2 is 2.26 bits per heavy atom. The molecule has 1 saturated heterocycles. The maximum absolute atomic E-state index is 11.8.